The van der Waals surface area contributed by atoms with Crippen LogP contribution in [0.5, 0.6) is 0 Å². The first kappa shape index (κ1) is 12.3. The van der Waals surface area contributed by atoms with Crippen LogP contribution in [0.2, 0.25) is 0 Å². The molecule has 2 aromatic rings. The number of amidine groups is 1. The van der Waals surface area contributed by atoms with Gasteiger partial charge >= 0.3 is 0 Å². The lowest BCUT2D eigenvalue weighted by Gasteiger charge is -2.11. The van der Waals surface area contributed by atoms with Gasteiger partial charge in [0.15, 0.2) is 0 Å². The van der Waals surface area contributed by atoms with Gasteiger partial charge in [0, 0.05) is 4.90 Å². The zero-order valence-electron chi connectivity index (χ0n) is 10.4. The second kappa shape index (κ2) is 5.47. The first-order valence-electron chi connectivity index (χ1n) is 6.21. The lowest BCUT2D eigenvalue weighted by atomic mass is 10.1. The van der Waals surface area contributed by atoms with Crippen molar-refractivity contribution in [3.8, 4) is 0 Å². The molecule has 3 nitrogen and oxygen atoms in total. The molecule has 0 spiro atoms. The Labute approximate surface area is 116 Å². The summed E-state index contributed by atoms with van der Waals surface area (Å²) in [6.07, 6.45) is 0.969. The van der Waals surface area contributed by atoms with E-state index in [9.17, 15) is 0 Å². The minimum absolute atomic E-state index is 0.266. The minimum Gasteiger partial charge on any atom is -0.311 e. The maximum absolute atomic E-state index is 5.64. The molecule has 0 radical (unpaired) electrons. The number of nitrogens with zero attached hydrogens (tertiary/aromatic N) is 1. The minimum atomic E-state index is 0.266. The van der Waals surface area contributed by atoms with Gasteiger partial charge in [-0.2, -0.15) is 0 Å². The monoisotopic (exact) mass is 269 g/mol. The number of rotatable bonds is 2. The number of thioether (sulfide) groups is 1. The summed E-state index contributed by atoms with van der Waals surface area (Å²) in [4.78, 5) is 5.92. The Balaban J connectivity index is 1.84. The predicted octanol–water partition coefficient (Wildman–Crippen LogP) is 2.90. The van der Waals surface area contributed by atoms with E-state index in [1.54, 1.807) is 0 Å². The highest BCUT2D eigenvalue weighted by Crippen LogP contribution is 2.37. The Hall–Kier alpha value is -1.78. The first-order valence-corrected chi connectivity index (χ1v) is 7.09. The van der Waals surface area contributed by atoms with E-state index in [1.165, 1.54) is 10.5 Å². The molecule has 1 aliphatic heterocycles. The van der Waals surface area contributed by atoms with E-state index in [-0.39, 0.29) is 5.25 Å². The highest BCUT2D eigenvalue weighted by atomic mass is 32.2. The molecular formula is C15H15N3S. The van der Waals surface area contributed by atoms with Gasteiger partial charge in [0.05, 0.1) is 10.9 Å². The topological polar surface area (TPSA) is 50.4 Å². The van der Waals surface area contributed by atoms with Crippen LogP contribution >= 0.6 is 11.8 Å². The lowest BCUT2D eigenvalue weighted by molar-refractivity contribution is 0.946. The average molecular weight is 269 g/mol. The number of para-hydroxylation sites is 1. The summed E-state index contributed by atoms with van der Waals surface area (Å²) < 4.78 is 0. The molecular weight excluding hydrogens is 254 g/mol. The van der Waals surface area contributed by atoms with Crippen LogP contribution in [0.4, 0.5) is 5.69 Å². The fourth-order valence-electron chi connectivity index (χ4n) is 2.17. The van der Waals surface area contributed by atoms with Crippen molar-refractivity contribution in [2.24, 2.45) is 10.8 Å². The average Bonchev–Trinajstić information content (AvgIpc) is 2.89. The third kappa shape index (κ3) is 2.64. The van der Waals surface area contributed by atoms with Gasteiger partial charge in [0.2, 0.25) is 0 Å². The fraction of sp³-hybridized carbons (Fsp3) is 0.133. The number of benzene rings is 2. The van der Waals surface area contributed by atoms with Gasteiger partial charge in [-0.3, -0.25) is 0 Å². The Bertz CT molecular complexity index is 570. The van der Waals surface area contributed by atoms with Crippen LogP contribution in [-0.2, 0) is 6.42 Å². The van der Waals surface area contributed by atoms with Crippen molar-refractivity contribution in [2.45, 2.75) is 16.6 Å². The second-order valence-electron chi connectivity index (χ2n) is 4.40. The Kier molecular flexibility index (Phi) is 3.53. The van der Waals surface area contributed by atoms with E-state index in [0.29, 0.717) is 0 Å². The van der Waals surface area contributed by atoms with Crippen molar-refractivity contribution in [1.29, 1.82) is 0 Å². The summed E-state index contributed by atoms with van der Waals surface area (Å²) in [5.41, 5.74) is 5.05. The summed E-state index contributed by atoms with van der Waals surface area (Å²) in [5.74, 6) is 6.47. The van der Waals surface area contributed by atoms with E-state index in [1.807, 2.05) is 42.1 Å². The van der Waals surface area contributed by atoms with Crippen molar-refractivity contribution in [2.75, 3.05) is 0 Å². The van der Waals surface area contributed by atoms with Crippen LogP contribution in [0.25, 0.3) is 0 Å². The lowest BCUT2D eigenvalue weighted by Crippen LogP contribution is -2.37. The van der Waals surface area contributed by atoms with Crippen LogP contribution in [0.1, 0.15) is 5.56 Å². The molecule has 19 heavy (non-hydrogen) atoms. The summed E-state index contributed by atoms with van der Waals surface area (Å²) >= 11 is 1.81. The van der Waals surface area contributed by atoms with E-state index >= 15 is 0 Å². The molecule has 3 N–H and O–H groups in total. The predicted molar refractivity (Wildman–Crippen MR) is 80.7 cm³/mol. The molecule has 96 valence electrons. The van der Waals surface area contributed by atoms with Crippen LogP contribution in [0.15, 0.2) is 64.5 Å². The van der Waals surface area contributed by atoms with Gasteiger partial charge in [-0.15, -0.1) is 11.8 Å². The van der Waals surface area contributed by atoms with E-state index < -0.39 is 0 Å². The molecule has 2 aromatic carbocycles. The molecule has 0 bridgehead atoms. The zero-order valence-corrected chi connectivity index (χ0v) is 11.2. The second-order valence-corrected chi connectivity index (χ2v) is 5.64. The number of aliphatic imine (C=N–C) groups is 1. The molecule has 4 heteroatoms. The SMILES string of the molecule is NNC(=Nc1ccccc1)C1Cc2ccccc2S1. The third-order valence-electron chi connectivity index (χ3n) is 3.11. The maximum Gasteiger partial charge on any atom is 0.130 e. The third-order valence-corrected chi connectivity index (χ3v) is 4.43. The van der Waals surface area contributed by atoms with E-state index in [4.69, 9.17) is 5.84 Å². The number of nitrogens with one attached hydrogen (secondary N) is 1. The fourth-order valence-corrected chi connectivity index (χ4v) is 3.44. The standard InChI is InChI=1S/C15H15N3S/c16-18-15(17-12-7-2-1-3-8-12)14-10-11-6-4-5-9-13(11)19-14/h1-9,14H,10,16H2,(H,17,18). The number of hydrogen-bond acceptors (Lipinski definition) is 3. The summed E-state index contributed by atoms with van der Waals surface area (Å²) in [6.45, 7) is 0. The normalized spacial score (nSPS) is 18.2. The van der Waals surface area contributed by atoms with Gasteiger partial charge in [0.1, 0.15) is 5.84 Å². The van der Waals surface area contributed by atoms with Gasteiger partial charge in [-0.1, -0.05) is 36.4 Å². The number of fused-ring (bicyclic) bond motifs is 1. The number of nitrogens with two attached hydrogens (primary N) is 1. The van der Waals surface area contributed by atoms with Crippen molar-refractivity contribution >= 4 is 23.3 Å². The maximum atomic E-state index is 5.64. The molecule has 1 atom stereocenters. The molecule has 3 rings (SSSR count). The Morgan fingerprint density at radius 3 is 2.58 bits per heavy atom. The largest absolute Gasteiger partial charge is 0.311 e. The van der Waals surface area contributed by atoms with Crippen LogP contribution < -0.4 is 11.3 Å². The first-order chi connectivity index (χ1) is 9.36. The molecule has 1 unspecified atom stereocenters. The molecule has 0 saturated carbocycles. The van der Waals surface area contributed by atoms with Crippen molar-refractivity contribution in [3.63, 3.8) is 0 Å². The summed E-state index contributed by atoms with van der Waals surface area (Å²) in [7, 11) is 0. The molecule has 0 saturated heterocycles. The number of hydrogen-bond donors (Lipinski definition) is 2. The van der Waals surface area contributed by atoms with Gasteiger partial charge in [0.25, 0.3) is 0 Å². The molecule has 0 amide bonds. The highest BCUT2D eigenvalue weighted by molar-refractivity contribution is 8.01. The van der Waals surface area contributed by atoms with Gasteiger partial charge < -0.3 is 5.43 Å². The molecule has 0 fully saturated rings. The molecule has 0 aromatic heterocycles. The van der Waals surface area contributed by atoms with E-state index in [2.05, 4.69) is 34.7 Å². The number of hydrazine groups is 1. The van der Waals surface area contributed by atoms with Crippen LogP contribution in [-0.4, -0.2) is 11.1 Å². The van der Waals surface area contributed by atoms with Gasteiger partial charge in [-0.05, 0) is 30.2 Å². The van der Waals surface area contributed by atoms with Crippen LogP contribution in [0.3, 0.4) is 0 Å². The van der Waals surface area contributed by atoms with Crippen molar-refractivity contribution in [1.82, 2.24) is 5.43 Å². The molecule has 1 heterocycles. The summed E-state index contributed by atoms with van der Waals surface area (Å²) in [5, 5.41) is 0.266. The molecule has 0 aliphatic carbocycles. The van der Waals surface area contributed by atoms with Crippen molar-refractivity contribution < 1.29 is 0 Å². The zero-order chi connectivity index (χ0) is 13.1. The summed E-state index contributed by atoms with van der Waals surface area (Å²) in [6, 6.07) is 18.3. The van der Waals surface area contributed by atoms with Gasteiger partial charge in [-0.25, -0.2) is 10.8 Å². The smallest absolute Gasteiger partial charge is 0.130 e. The highest BCUT2D eigenvalue weighted by Gasteiger charge is 2.25. The van der Waals surface area contributed by atoms with Crippen molar-refractivity contribution in [3.05, 3.63) is 60.2 Å². The Morgan fingerprint density at radius 1 is 1.11 bits per heavy atom. The van der Waals surface area contributed by atoms with E-state index in [0.717, 1.165) is 17.9 Å². The Morgan fingerprint density at radius 2 is 1.84 bits per heavy atom. The van der Waals surface area contributed by atoms with Crippen LogP contribution in [0, 0.1) is 0 Å². The molecule has 1 aliphatic rings. The quantitative estimate of drug-likeness (QED) is 0.381.